The van der Waals surface area contributed by atoms with Crippen LogP contribution in [0.5, 0.6) is 17.2 Å². The summed E-state index contributed by atoms with van der Waals surface area (Å²) in [6.07, 6.45) is 1.74. The van der Waals surface area contributed by atoms with E-state index in [0.29, 0.717) is 11.3 Å². The molecular formula is C20H22N6O7. The molecule has 0 fully saturated rings. The van der Waals surface area contributed by atoms with Gasteiger partial charge in [0.2, 0.25) is 0 Å². The Morgan fingerprint density at radius 1 is 0.879 bits per heavy atom. The monoisotopic (exact) mass is 458 g/mol. The van der Waals surface area contributed by atoms with Gasteiger partial charge in [-0.1, -0.05) is 6.08 Å². The second-order valence-corrected chi connectivity index (χ2v) is 7.99. The van der Waals surface area contributed by atoms with Crippen molar-refractivity contribution in [2.75, 3.05) is 14.2 Å². The van der Waals surface area contributed by atoms with Crippen LogP contribution in [0, 0.1) is 0 Å². The van der Waals surface area contributed by atoms with Crippen LogP contribution in [-0.2, 0) is 27.2 Å². The zero-order valence-electron chi connectivity index (χ0n) is 18.4. The number of fused-ring (bicyclic) bond motifs is 4. The van der Waals surface area contributed by atoms with E-state index in [2.05, 4.69) is 0 Å². The molecule has 1 aromatic carbocycles. The quantitative estimate of drug-likeness (QED) is 0.473. The van der Waals surface area contributed by atoms with Crippen LogP contribution in [-0.4, -0.2) is 47.2 Å². The molecule has 1 N–H and O–H groups in total. The van der Waals surface area contributed by atoms with E-state index in [1.54, 1.807) is 12.1 Å². The van der Waals surface area contributed by atoms with E-state index in [0.717, 1.165) is 9.13 Å². The van der Waals surface area contributed by atoms with Crippen molar-refractivity contribution in [3.05, 3.63) is 71.3 Å². The van der Waals surface area contributed by atoms with E-state index < -0.39 is 34.8 Å². The Morgan fingerprint density at radius 3 is 2.15 bits per heavy atom. The van der Waals surface area contributed by atoms with Gasteiger partial charge < -0.3 is 14.6 Å². The number of allylic oxidation sites excluding steroid dienone is 2. The topological polar surface area (TPSA) is 137 Å². The maximum absolute atomic E-state index is 13.1. The van der Waals surface area contributed by atoms with Crippen LogP contribution < -0.4 is 32.2 Å². The summed E-state index contributed by atoms with van der Waals surface area (Å²) in [4.78, 5) is 51.4. The Labute approximate surface area is 185 Å². The Hall–Kier alpha value is -4.16. The smallest absolute Gasteiger partial charge is 0.347 e. The summed E-state index contributed by atoms with van der Waals surface area (Å²) in [6.45, 7) is 0.0438. The van der Waals surface area contributed by atoms with Crippen molar-refractivity contribution >= 4 is 0 Å². The molecule has 3 aromatic rings. The first kappa shape index (κ1) is 20.7. The van der Waals surface area contributed by atoms with E-state index >= 15 is 0 Å². The Balaban J connectivity index is 1.87. The molecule has 13 heteroatoms. The van der Waals surface area contributed by atoms with E-state index in [1.165, 1.54) is 53.1 Å². The number of aromatic hydroxyl groups is 1. The molecule has 2 aliphatic heterocycles. The summed E-state index contributed by atoms with van der Waals surface area (Å²) in [5.74, 6) is 0.358. The zero-order chi connectivity index (χ0) is 23.8. The van der Waals surface area contributed by atoms with Crippen LogP contribution in [0.4, 0.5) is 0 Å². The van der Waals surface area contributed by atoms with Gasteiger partial charge in [-0.2, -0.15) is 0 Å². The van der Waals surface area contributed by atoms with Gasteiger partial charge in [0.15, 0.2) is 0 Å². The lowest BCUT2D eigenvalue weighted by Crippen LogP contribution is -2.47. The molecule has 33 heavy (non-hydrogen) atoms. The van der Waals surface area contributed by atoms with E-state index in [1.807, 2.05) is 0 Å². The number of hydrogen-bond acceptors (Lipinski definition) is 7. The molecular weight excluding hydrogens is 436 g/mol. The minimum Gasteiger partial charge on any atom is -0.507 e. The molecule has 2 aliphatic rings. The first-order chi connectivity index (χ1) is 15.7. The second kappa shape index (κ2) is 6.92. The summed E-state index contributed by atoms with van der Waals surface area (Å²) in [5.41, 5.74) is -1.39. The van der Waals surface area contributed by atoms with Gasteiger partial charge in [-0.25, -0.2) is 47.0 Å². The van der Waals surface area contributed by atoms with Crippen molar-refractivity contribution < 1.29 is 14.6 Å². The fourth-order valence-corrected chi connectivity index (χ4v) is 4.78. The lowest BCUT2D eigenvalue weighted by Gasteiger charge is -2.38. The molecule has 0 saturated heterocycles. The van der Waals surface area contributed by atoms with Crippen LogP contribution in [0.1, 0.15) is 17.6 Å². The van der Waals surface area contributed by atoms with E-state index in [9.17, 15) is 24.3 Å². The molecule has 2 aromatic heterocycles. The van der Waals surface area contributed by atoms with E-state index in [4.69, 9.17) is 9.47 Å². The fourth-order valence-electron chi connectivity index (χ4n) is 4.78. The average Bonchev–Trinajstić information content (AvgIpc) is 3.17. The largest absolute Gasteiger partial charge is 0.507 e. The van der Waals surface area contributed by atoms with Crippen LogP contribution in [0.25, 0.3) is 0 Å². The van der Waals surface area contributed by atoms with Crippen molar-refractivity contribution in [1.29, 1.82) is 0 Å². The highest BCUT2D eigenvalue weighted by Crippen LogP contribution is 2.46. The number of aromatic nitrogens is 6. The predicted molar refractivity (Wildman–Crippen MR) is 114 cm³/mol. The molecule has 0 bridgehead atoms. The normalized spacial score (nSPS) is 18.8. The Bertz CT molecular complexity index is 1570. The molecule has 2 atom stereocenters. The van der Waals surface area contributed by atoms with Gasteiger partial charge in [-0.05, 0) is 5.57 Å². The standard InChI is InChI=1S/C20H22N6O7/c1-21-17(28)23-6-5-11-12(25(23)19(21)30)9-24-18(29)22(2)20(31)26(24)16(11)15-13(27)7-10(32-3)8-14(15)33-4/h5,7-8,12,16,27H,6,9H2,1-4H3/t12-,16-/m1/s1. The van der Waals surface area contributed by atoms with Gasteiger partial charge in [-0.15, -0.1) is 0 Å². The van der Waals surface area contributed by atoms with Crippen LogP contribution >= 0.6 is 0 Å². The molecule has 0 radical (unpaired) electrons. The predicted octanol–water partition coefficient (Wildman–Crippen LogP) is -1.48. The molecule has 0 saturated carbocycles. The molecule has 0 spiro atoms. The van der Waals surface area contributed by atoms with E-state index in [-0.39, 0.29) is 30.2 Å². The highest BCUT2D eigenvalue weighted by Gasteiger charge is 2.42. The molecule has 4 heterocycles. The third-order valence-electron chi connectivity index (χ3n) is 6.41. The lowest BCUT2D eigenvalue weighted by molar-refractivity contribution is 0.240. The summed E-state index contributed by atoms with van der Waals surface area (Å²) in [5, 5.41) is 10.9. The van der Waals surface area contributed by atoms with Crippen molar-refractivity contribution in [3.8, 4) is 17.2 Å². The third-order valence-corrected chi connectivity index (χ3v) is 6.41. The van der Waals surface area contributed by atoms with Gasteiger partial charge in [0.1, 0.15) is 23.3 Å². The number of hydrogen-bond donors (Lipinski definition) is 1. The molecule has 0 amide bonds. The highest BCUT2D eigenvalue weighted by molar-refractivity contribution is 5.54. The van der Waals surface area contributed by atoms with Crippen LogP contribution in [0.15, 0.2) is 43.0 Å². The first-order valence-corrected chi connectivity index (χ1v) is 10.1. The number of nitrogens with zero attached hydrogens (tertiary/aromatic N) is 6. The third kappa shape index (κ3) is 2.58. The second-order valence-electron chi connectivity index (χ2n) is 7.99. The number of rotatable bonds is 3. The summed E-state index contributed by atoms with van der Waals surface area (Å²) in [7, 11) is 5.59. The molecule has 174 valence electrons. The van der Waals surface area contributed by atoms with Crippen molar-refractivity contribution in [3.63, 3.8) is 0 Å². The maximum Gasteiger partial charge on any atom is 0.347 e. The summed E-state index contributed by atoms with van der Waals surface area (Å²) in [6, 6.07) is 1.23. The molecule has 13 nitrogen and oxygen atoms in total. The number of benzene rings is 1. The van der Waals surface area contributed by atoms with Crippen LogP contribution in [0.2, 0.25) is 0 Å². The zero-order valence-corrected chi connectivity index (χ0v) is 18.4. The Morgan fingerprint density at radius 2 is 1.52 bits per heavy atom. The molecule has 0 unspecified atom stereocenters. The number of ether oxygens (including phenoxy) is 2. The number of phenolic OH excluding ortho intramolecular Hbond substituents is 1. The summed E-state index contributed by atoms with van der Waals surface area (Å²) >= 11 is 0. The molecule has 5 rings (SSSR count). The SMILES string of the molecule is COc1cc(O)c([C@H]2C3=CCn4c(=O)n(C)c(=O)n4[C@@H]3Cn3c(=O)n(C)c(=O)n32)c(OC)c1. The van der Waals surface area contributed by atoms with Gasteiger partial charge in [0, 0.05) is 26.2 Å². The van der Waals surface area contributed by atoms with Gasteiger partial charge in [0.25, 0.3) is 0 Å². The minimum absolute atomic E-state index is 0.0418. The minimum atomic E-state index is -0.970. The van der Waals surface area contributed by atoms with Gasteiger partial charge in [-0.3, -0.25) is 0 Å². The van der Waals surface area contributed by atoms with Gasteiger partial charge >= 0.3 is 22.8 Å². The van der Waals surface area contributed by atoms with Crippen molar-refractivity contribution in [2.24, 2.45) is 14.1 Å². The maximum atomic E-state index is 13.1. The van der Waals surface area contributed by atoms with Gasteiger partial charge in [0.05, 0.1) is 38.9 Å². The van der Waals surface area contributed by atoms with Crippen LogP contribution in [0.3, 0.4) is 0 Å². The summed E-state index contributed by atoms with van der Waals surface area (Å²) < 4.78 is 17.7. The first-order valence-electron chi connectivity index (χ1n) is 10.1. The molecule has 0 aliphatic carbocycles. The fraction of sp³-hybridized carbons (Fsp3) is 0.400. The lowest BCUT2D eigenvalue weighted by atomic mass is 9.89. The van der Waals surface area contributed by atoms with Crippen molar-refractivity contribution in [1.82, 2.24) is 27.9 Å². The van der Waals surface area contributed by atoms with Crippen molar-refractivity contribution in [2.45, 2.75) is 25.2 Å². The highest BCUT2D eigenvalue weighted by atomic mass is 16.5. The number of phenols is 1. The Kier molecular flexibility index (Phi) is 4.35. The average molecular weight is 458 g/mol. The number of methoxy groups -OCH3 is 2.